The fraction of sp³-hybridized carbons (Fsp3) is 0.200. The number of ether oxygens (including phenoxy) is 1. The lowest BCUT2D eigenvalue weighted by Crippen LogP contribution is -2.13. The molecular weight excluding hydrogens is 424 g/mol. The van der Waals surface area contributed by atoms with Gasteiger partial charge in [0.1, 0.15) is 0 Å². The Morgan fingerprint density at radius 1 is 1.26 bits per heavy atom. The number of esters is 1. The fourth-order valence-electron chi connectivity index (χ4n) is 3.68. The Morgan fingerprint density at radius 2 is 2.03 bits per heavy atom. The van der Waals surface area contributed by atoms with Crippen LogP contribution in [0.15, 0.2) is 47.4 Å². The molecule has 1 aliphatic rings. The number of sulfonamides is 1. The van der Waals surface area contributed by atoms with Crippen LogP contribution in [-0.2, 0) is 27.6 Å². The van der Waals surface area contributed by atoms with E-state index in [1.807, 2.05) is 0 Å². The Bertz CT molecular complexity index is 1330. The largest absolute Gasteiger partial charge is 0.461 e. The normalized spacial score (nSPS) is 12.7. The summed E-state index contributed by atoms with van der Waals surface area (Å²) in [6, 6.07) is 10.3. The highest BCUT2D eigenvalue weighted by atomic mass is 32.2. The van der Waals surface area contributed by atoms with Gasteiger partial charge in [-0.1, -0.05) is 12.1 Å². The third-order valence-corrected chi connectivity index (χ3v) is 5.96. The van der Waals surface area contributed by atoms with Gasteiger partial charge in [0.2, 0.25) is 10.0 Å². The Morgan fingerprint density at radius 3 is 2.71 bits per heavy atom. The molecule has 3 aromatic rings. The number of aromatic nitrogens is 2. The van der Waals surface area contributed by atoms with Gasteiger partial charge < -0.3 is 4.74 Å². The van der Waals surface area contributed by atoms with Crippen LogP contribution in [0.25, 0.3) is 16.9 Å². The molecule has 1 heterocycles. The molecule has 2 aromatic carbocycles. The van der Waals surface area contributed by atoms with Crippen molar-refractivity contribution in [2.24, 2.45) is 5.14 Å². The highest BCUT2D eigenvalue weighted by molar-refractivity contribution is 7.89. The van der Waals surface area contributed by atoms with E-state index in [1.165, 1.54) is 35.0 Å². The Labute approximate surface area is 177 Å². The van der Waals surface area contributed by atoms with Gasteiger partial charge in [-0.15, -0.1) is 0 Å². The van der Waals surface area contributed by atoms with Gasteiger partial charge in [0.25, 0.3) is 5.69 Å². The van der Waals surface area contributed by atoms with Crippen molar-refractivity contribution in [3.05, 3.63) is 69.4 Å². The predicted molar refractivity (Wildman–Crippen MR) is 110 cm³/mol. The van der Waals surface area contributed by atoms with Crippen LogP contribution in [0.4, 0.5) is 5.69 Å². The molecular formula is C20H18N4O6S. The van der Waals surface area contributed by atoms with Gasteiger partial charge >= 0.3 is 5.97 Å². The lowest BCUT2D eigenvalue weighted by atomic mass is 9.88. The molecule has 0 spiro atoms. The number of fused-ring (bicyclic) bond motifs is 3. The topological polar surface area (TPSA) is 147 Å². The maximum absolute atomic E-state index is 12.6. The molecule has 0 aliphatic heterocycles. The summed E-state index contributed by atoms with van der Waals surface area (Å²) >= 11 is 0. The lowest BCUT2D eigenvalue weighted by Gasteiger charge is -2.18. The number of nitrogens with two attached hydrogens (primary N) is 1. The molecule has 0 unspecified atom stereocenters. The molecule has 1 aliphatic carbocycles. The molecule has 160 valence electrons. The molecule has 0 bridgehead atoms. The summed E-state index contributed by atoms with van der Waals surface area (Å²) < 4.78 is 30.2. The molecule has 0 fully saturated rings. The van der Waals surface area contributed by atoms with Gasteiger partial charge in [-0.2, -0.15) is 5.10 Å². The second-order valence-electron chi connectivity index (χ2n) is 6.95. The van der Waals surface area contributed by atoms with Crippen LogP contribution in [0.5, 0.6) is 0 Å². The zero-order chi connectivity index (χ0) is 22.3. The third-order valence-electron chi connectivity index (χ3n) is 5.05. The number of nitro benzene ring substituents is 1. The molecule has 0 saturated heterocycles. The van der Waals surface area contributed by atoms with Crippen LogP contribution in [0.1, 0.15) is 28.5 Å². The van der Waals surface area contributed by atoms with E-state index < -0.39 is 20.9 Å². The second kappa shape index (κ2) is 7.60. The van der Waals surface area contributed by atoms with E-state index in [-0.39, 0.29) is 22.9 Å². The van der Waals surface area contributed by atoms with Crippen molar-refractivity contribution in [2.45, 2.75) is 24.7 Å². The minimum Gasteiger partial charge on any atom is -0.461 e. The summed E-state index contributed by atoms with van der Waals surface area (Å²) in [5.41, 5.74) is 2.83. The molecule has 0 saturated carbocycles. The number of aryl methyl sites for hydroxylation is 1. The summed E-state index contributed by atoms with van der Waals surface area (Å²) in [5, 5.41) is 21.0. The van der Waals surface area contributed by atoms with E-state index in [4.69, 9.17) is 9.88 Å². The van der Waals surface area contributed by atoms with E-state index in [0.717, 1.165) is 5.56 Å². The first-order valence-corrected chi connectivity index (χ1v) is 10.9. The molecule has 1 aromatic heterocycles. The number of hydrogen-bond donors (Lipinski definition) is 1. The number of non-ortho nitro benzene ring substituents is 1. The third kappa shape index (κ3) is 3.68. The average molecular weight is 442 g/mol. The van der Waals surface area contributed by atoms with Gasteiger partial charge in [0.15, 0.2) is 5.69 Å². The number of benzene rings is 2. The van der Waals surface area contributed by atoms with Crippen molar-refractivity contribution in [1.29, 1.82) is 0 Å². The average Bonchev–Trinajstić information content (AvgIpc) is 3.13. The van der Waals surface area contributed by atoms with Crippen molar-refractivity contribution < 1.29 is 22.9 Å². The quantitative estimate of drug-likeness (QED) is 0.362. The molecule has 31 heavy (non-hydrogen) atoms. The maximum atomic E-state index is 12.6. The molecule has 4 rings (SSSR count). The van der Waals surface area contributed by atoms with Crippen molar-refractivity contribution in [1.82, 2.24) is 9.78 Å². The van der Waals surface area contributed by atoms with E-state index in [1.54, 1.807) is 19.1 Å². The summed E-state index contributed by atoms with van der Waals surface area (Å²) in [5.74, 6) is -0.617. The van der Waals surface area contributed by atoms with Crippen LogP contribution in [-0.4, -0.2) is 35.7 Å². The van der Waals surface area contributed by atoms with Crippen molar-refractivity contribution in [3.8, 4) is 16.9 Å². The van der Waals surface area contributed by atoms with Gasteiger partial charge in [0, 0.05) is 23.3 Å². The first-order chi connectivity index (χ1) is 14.7. The summed E-state index contributed by atoms with van der Waals surface area (Å²) in [6.45, 7) is 1.83. The smallest absolute Gasteiger partial charge is 0.359 e. The van der Waals surface area contributed by atoms with Crippen LogP contribution in [0.3, 0.4) is 0 Å². The number of rotatable bonds is 5. The Balaban J connectivity index is 2.01. The number of hydrogen-bond acceptors (Lipinski definition) is 7. The highest BCUT2D eigenvalue weighted by Crippen LogP contribution is 2.39. The first-order valence-electron chi connectivity index (χ1n) is 9.40. The van der Waals surface area contributed by atoms with E-state index >= 15 is 0 Å². The second-order valence-corrected chi connectivity index (χ2v) is 8.51. The standard InChI is InChI=1S/C20H18N4O6S/c1-2-30-20(25)18-16-9-7-12-6-8-14(24(26)27)11-17(12)19(16)23(22-18)13-4-3-5-15(10-13)31(21,28)29/h3-6,8,10-11H,2,7,9H2,1H3,(H2,21,28,29). The zero-order valence-electron chi connectivity index (χ0n) is 16.4. The molecule has 0 amide bonds. The number of nitro groups is 1. The number of carbonyl (C=O) groups is 1. The SMILES string of the molecule is CCOC(=O)c1nn(-c2cccc(S(N)(=O)=O)c2)c2c1CCc1ccc([N+](=O)[O-])cc1-2. The predicted octanol–water partition coefficient (Wildman–Crippen LogP) is 2.37. The summed E-state index contributed by atoms with van der Waals surface area (Å²) in [7, 11) is -3.97. The molecule has 10 nitrogen and oxygen atoms in total. The van der Waals surface area contributed by atoms with Crippen molar-refractivity contribution in [2.75, 3.05) is 6.61 Å². The lowest BCUT2D eigenvalue weighted by molar-refractivity contribution is -0.384. The van der Waals surface area contributed by atoms with E-state index in [9.17, 15) is 23.3 Å². The van der Waals surface area contributed by atoms with Crippen LogP contribution in [0.2, 0.25) is 0 Å². The Kier molecular flexibility index (Phi) is 5.07. The minimum absolute atomic E-state index is 0.0926. The number of primary sulfonamides is 1. The van der Waals surface area contributed by atoms with Gasteiger partial charge in [0.05, 0.1) is 27.8 Å². The molecule has 11 heteroatoms. The number of carbonyl (C=O) groups excluding carboxylic acids is 1. The van der Waals surface area contributed by atoms with Crippen LogP contribution in [0, 0.1) is 10.1 Å². The maximum Gasteiger partial charge on any atom is 0.359 e. The van der Waals surface area contributed by atoms with E-state index in [0.29, 0.717) is 35.3 Å². The highest BCUT2D eigenvalue weighted by Gasteiger charge is 2.31. The Hall–Kier alpha value is -3.57. The van der Waals surface area contributed by atoms with Crippen LogP contribution >= 0.6 is 0 Å². The minimum atomic E-state index is -3.97. The molecule has 2 N–H and O–H groups in total. The molecule has 0 atom stereocenters. The monoisotopic (exact) mass is 442 g/mol. The van der Waals surface area contributed by atoms with Gasteiger partial charge in [-0.05, 0) is 43.5 Å². The first kappa shape index (κ1) is 20.7. The zero-order valence-corrected chi connectivity index (χ0v) is 17.3. The van der Waals surface area contributed by atoms with Crippen LogP contribution < -0.4 is 5.14 Å². The van der Waals surface area contributed by atoms with Crippen molar-refractivity contribution >= 4 is 21.7 Å². The molecule has 0 radical (unpaired) electrons. The van der Waals surface area contributed by atoms with Gasteiger partial charge in [-0.3, -0.25) is 10.1 Å². The van der Waals surface area contributed by atoms with Crippen molar-refractivity contribution in [3.63, 3.8) is 0 Å². The fourth-order valence-corrected chi connectivity index (χ4v) is 4.24. The van der Waals surface area contributed by atoms with E-state index in [2.05, 4.69) is 5.10 Å². The summed E-state index contributed by atoms with van der Waals surface area (Å²) in [6.07, 6.45) is 1.04. The number of nitrogens with zero attached hydrogens (tertiary/aromatic N) is 3. The summed E-state index contributed by atoms with van der Waals surface area (Å²) in [4.78, 5) is 23.3. The van der Waals surface area contributed by atoms with Gasteiger partial charge in [-0.25, -0.2) is 23.0 Å².